The van der Waals surface area contributed by atoms with Crippen molar-refractivity contribution < 1.29 is 22.3 Å². The number of piperazine rings is 1. The quantitative estimate of drug-likeness (QED) is 0.732. The van der Waals surface area contributed by atoms with E-state index in [1.807, 2.05) is 4.90 Å². The van der Waals surface area contributed by atoms with E-state index in [4.69, 9.17) is 4.74 Å². The van der Waals surface area contributed by atoms with Crippen LogP contribution in [0.3, 0.4) is 0 Å². The van der Waals surface area contributed by atoms with Gasteiger partial charge in [-0.1, -0.05) is 6.07 Å². The predicted molar refractivity (Wildman–Crippen MR) is 100 cm³/mol. The fourth-order valence-electron chi connectivity index (χ4n) is 3.19. The van der Waals surface area contributed by atoms with E-state index in [2.05, 4.69) is 0 Å². The van der Waals surface area contributed by atoms with Crippen LogP contribution in [-0.4, -0.2) is 51.8 Å². The van der Waals surface area contributed by atoms with Gasteiger partial charge in [0, 0.05) is 26.2 Å². The largest absolute Gasteiger partial charge is 0.497 e. The van der Waals surface area contributed by atoms with E-state index in [0.717, 1.165) is 0 Å². The third kappa shape index (κ3) is 3.81. The minimum absolute atomic E-state index is 0.0453. The molecule has 0 unspecified atom stereocenters. The maximum absolute atomic E-state index is 14.0. The number of Topliss-reactive ketones (excluding diaryl/α,β-unsaturated/α-hetero) is 1. The second-order valence-corrected chi connectivity index (χ2v) is 8.19. The molecule has 0 N–H and O–H groups in total. The van der Waals surface area contributed by atoms with Crippen molar-refractivity contribution in [1.29, 1.82) is 0 Å². The number of ether oxygens (including phenoxy) is 1. The molecule has 1 fully saturated rings. The lowest BCUT2D eigenvalue weighted by Gasteiger charge is -2.36. The Labute approximate surface area is 158 Å². The Kier molecular flexibility index (Phi) is 5.48. The number of ketones is 1. The topological polar surface area (TPSA) is 66.9 Å². The van der Waals surface area contributed by atoms with Crippen LogP contribution < -0.4 is 9.64 Å². The van der Waals surface area contributed by atoms with E-state index in [1.54, 1.807) is 24.3 Å². The van der Waals surface area contributed by atoms with Crippen molar-refractivity contribution in [3.8, 4) is 5.75 Å². The molecule has 2 aromatic carbocycles. The minimum Gasteiger partial charge on any atom is -0.497 e. The van der Waals surface area contributed by atoms with E-state index in [0.29, 0.717) is 24.5 Å². The monoisotopic (exact) mass is 392 g/mol. The molecule has 0 saturated carbocycles. The summed E-state index contributed by atoms with van der Waals surface area (Å²) in [6, 6.07) is 10.7. The molecule has 1 heterocycles. The van der Waals surface area contributed by atoms with Gasteiger partial charge in [0.05, 0.1) is 23.3 Å². The predicted octanol–water partition coefficient (Wildman–Crippen LogP) is 2.55. The highest BCUT2D eigenvalue weighted by Crippen LogP contribution is 2.27. The number of carbonyl (C=O) groups is 1. The standard InChI is InChI=1S/C19H21FN2O4S/c1-14(23)19-17(20)4-3-5-18(19)21-10-12-22(13-11-21)27(24,25)16-8-6-15(26-2)7-9-16/h3-9H,10-13H2,1-2H3. The number of methoxy groups -OCH3 is 1. The number of anilines is 1. The summed E-state index contributed by atoms with van der Waals surface area (Å²) in [7, 11) is -2.10. The molecule has 0 aromatic heterocycles. The van der Waals surface area contributed by atoms with Gasteiger partial charge in [0.25, 0.3) is 0 Å². The summed E-state index contributed by atoms with van der Waals surface area (Å²) in [6.45, 7) is 2.58. The molecule has 0 bridgehead atoms. The highest BCUT2D eigenvalue weighted by Gasteiger charge is 2.30. The number of hydrogen-bond donors (Lipinski definition) is 0. The van der Waals surface area contributed by atoms with Gasteiger partial charge in [-0.2, -0.15) is 4.31 Å². The molecular formula is C19H21FN2O4S. The van der Waals surface area contributed by atoms with E-state index in [-0.39, 0.29) is 29.3 Å². The van der Waals surface area contributed by atoms with E-state index < -0.39 is 15.8 Å². The molecule has 1 aliphatic heterocycles. The molecule has 0 spiro atoms. The summed E-state index contributed by atoms with van der Waals surface area (Å²) in [4.78, 5) is 13.9. The Morgan fingerprint density at radius 1 is 1.04 bits per heavy atom. The smallest absolute Gasteiger partial charge is 0.243 e. The van der Waals surface area contributed by atoms with Crippen LogP contribution in [-0.2, 0) is 10.0 Å². The number of hydrogen-bond acceptors (Lipinski definition) is 5. The fraction of sp³-hybridized carbons (Fsp3) is 0.316. The summed E-state index contributed by atoms with van der Waals surface area (Å²) in [5.74, 6) is -0.327. The normalized spacial score (nSPS) is 15.6. The molecule has 0 atom stereocenters. The van der Waals surface area contributed by atoms with Gasteiger partial charge in [0.15, 0.2) is 5.78 Å². The highest BCUT2D eigenvalue weighted by atomic mass is 32.2. The Balaban J connectivity index is 1.77. The van der Waals surface area contributed by atoms with Crippen molar-refractivity contribution in [2.45, 2.75) is 11.8 Å². The maximum Gasteiger partial charge on any atom is 0.243 e. The van der Waals surface area contributed by atoms with Gasteiger partial charge < -0.3 is 9.64 Å². The molecule has 27 heavy (non-hydrogen) atoms. The van der Waals surface area contributed by atoms with Gasteiger partial charge in [-0.05, 0) is 43.3 Å². The van der Waals surface area contributed by atoms with Crippen molar-refractivity contribution in [2.75, 3.05) is 38.2 Å². The Morgan fingerprint density at radius 2 is 1.67 bits per heavy atom. The zero-order valence-corrected chi connectivity index (χ0v) is 16.0. The van der Waals surface area contributed by atoms with Crippen LogP contribution in [0.4, 0.5) is 10.1 Å². The van der Waals surface area contributed by atoms with Crippen molar-refractivity contribution in [2.24, 2.45) is 0 Å². The average Bonchev–Trinajstić information content (AvgIpc) is 2.67. The summed E-state index contributed by atoms with van der Waals surface area (Å²) in [6.07, 6.45) is 0. The molecule has 0 amide bonds. The molecule has 6 nitrogen and oxygen atoms in total. The Hall–Kier alpha value is -2.45. The third-order valence-electron chi connectivity index (χ3n) is 4.62. The van der Waals surface area contributed by atoms with E-state index in [9.17, 15) is 17.6 Å². The lowest BCUT2D eigenvalue weighted by molar-refractivity contribution is 0.101. The number of rotatable bonds is 5. The summed E-state index contributed by atoms with van der Waals surface area (Å²) < 4.78 is 46.1. The van der Waals surface area contributed by atoms with Gasteiger partial charge in [0.2, 0.25) is 10.0 Å². The van der Waals surface area contributed by atoms with Crippen molar-refractivity contribution in [1.82, 2.24) is 4.31 Å². The molecule has 3 rings (SSSR count). The van der Waals surface area contributed by atoms with Gasteiger partial charge >= 0.3 is 0 Å². The Morgan fingerprint density at radius 3 is 2.22 bits per heavy atom. The van der Waals surface area contributed by atoms with Crippen LogP contribution >= 0.6 is 0 Å². The molecule has 1 aliphatic rings. The molecule has 1 saturated heterocycles. The molecular weight excluding hydrogens is 371 g/mol. The SMILES string of the molecule is COc1ccc(S(=O)(=O)N2CCN(c3cccc(F)c3C(C)=O)CC2)cc1. The van der Waals surface area contributed by atoms with Gasteiger partial charge in [-0.3, -0.25) is 4.79 Å². The number of nitrogens with zero attached hydrogens (tertiary/aromatic N) is 2. The second kappa shape index (κ2) is 7.66. The second-order valence-electron chi connectivity index (χ2n) is 6.26. The first-order chi connectivity index (χ1) is 12.8. The number of carbonyl (C=O) groups excluding carboxylic acids is 1. The number of benzene rings is 2. The summed E-state index contributed by atoms with van der Waals surface area (Å²) in [5, 5.41) is 0. The van der Waals surface area contributed by atoms with E-state index in [1.165, 1.54) is 36.5 Å². The van der Waals surface area contributed by atoms with Crippen molar-refractivity contribution in [3.63, 3.8) is 0 Å². The van der Waals surface area contributed by atoms with Crippen LogP contribution in [0.1, 0.15) is 17.3 Å². The van der Waals surface area contributed by atoms with E-state index >= 15 is 0 Å². The summed E-state index contributed by atoms with van der Waals surface area (Å²) >= 11 is 0. The first-order valence-corrected chi connectivity index (χ1v) is 9.97. The van der Waals surface area contributed by atoms with Crippen LogP contribution in [0.2, 0.25) is 0 Å². The van der Waals surface area contributed by atoms with Crippen LogP contribution in [0.25, 0.3) is 0 Å². The minimum atomic E-state index is -3.62. The molecule has 8 heteroatoms. The average molecular weight is 392 g/mol. The fourth-order valence-corrected chi connectivity index (χ4v) is 4.61. The molecule has 2 aromatic rings. The molecule has 144 valence electrons. The molecule has 0 radical (unpaired) electrons. The van der Waals surface area contributed by atoms with Gasteiger partial charge in [0.1, 0.15) is 11.6 Å². The zero-order chi connectivity index (χ0) is 19.6. The van der Waals surface area contributed by atoms with Crippen LogP contribution in [0, 0.1) is 5.82 Å². The molecule has 0 aliphatic carbocycles. The summed E-state index contributed by atoms with van der Waals surface area (Å²) in [5.41, 5.74) is 0.549. The first kappa shape index (κ1) is 19.3. The van der Waals surface area contributed by atoms with Crippen molar-refractivity contribution >= 4 is 21.5 Å². The lowest BCUT2D eigenvalue weighted by Crippen LogP contribution is -2.49. The maximum atomic E-state index is 14.0. The first-order valence-electron chi connectivity index (χ1n) is 8.53. The van der Waals surface area contributed by atoms with Crippen LogP contribution in [0.5, 0.6) is 5.75 Å². The van der Waals surface area contributed by atoms with Crippen LogP contribution in [0.15, 0.2) is 47.4 Å². The zero-order valence-electron chi connectivity index (χ0n) is 15.2. The number of halogens is 1. The number of sulfonamides is 1. The lowest BCUT2D eigenvalue weighted by atomic mass is 10.1. The van der Waals surface area contributed by atoms with Gasteiger partial charge in [-0.25, -0.2) is 12.8 Å². The van der Waals surface area contributed by atoms with Gasteiger partial charge in [-0.15, -0.1) is 0 Å². The van der Waals surface area contributed by atoms with Crippen molar-refractivity contribution in [3.05, 3.63) is 53.8 Å². The highest BCUT2D eigenvalue weighted by molar-refractivity contribution is 7.89. The third-order valence-corrected chi connectivity index (χ3v) is 6.53. The Bertz CT molecular complexity index is 937.